The molecule has 0 saturated carbocycles. The predicted molar refractivity (Wildman–Crippen MR) is 70.7 cm³/mol. The van der Waals surface area contributed by atoms with Crippen LogP contribution in [0.4, 0.5) is 5.13 Å². The highest BCUT2D eigenvalue weighted by Crippen LogP contribution is 2.25. The molecule has 0 atom stereocenters. The number of thiazole rings is 1. The first-order valence-corrected chi connectivity index (χ1v) is 6.40. The van der Waals surface area contributed by atoms with Crippen LogP contribution in [0.15, 0.2) is 0 Å². The van der Waals surface area contributed by atoms with Crippen LogP contribution in [-0.4, -0.2) is 24.0 Å². The van der Waals surface area contributed by atoms with Crippen molar-refractivity contribution < 1.29 is 14.3 Å². The van der Waals surface area contributed by atoms with E-state index in [9.17, 15) is 9.59 Å². The van der Waals surface area contributed by atoms with Gasteiger partial charge in [0, 0.05) is 10.3 Å². The number of aryl methyl sites for hydroxylation is 1. The van der Waals surface area contributed by atoms with Gasteiger partial charge in [-0.15, -0.1) is 11.3 Å². The fourth-order valence-corrected chi connectivity index (χ4v) is 2.08. The molecule has 1 amide bonds. The second kappa shape index (κ2) is 5.48. The number of hydrogen-bond donors (Lipinski definition) is 1. The van der Waals surface area contributed by atoms with Gasteiger partial charge < -0.3 is 10.1 Å². The molecule has 100 valence electrons. The van der Waals surface area contributed by atoms with Gasteiger partial charge in [0.25, 0.3) is 0 Å². The summed E-state index contributed by atoms with van der Waals surface area (Å²) in [6.07, 6.45) is 0.186. The van der Waals surface area contributed by atoms with E-state index in [4.69, 9.17) is 0 Å². The van der Waals surface area contributed by atoms with Gasteiger partial charge in [0.05, 0.1) is 19.2 Å². The van der Waals surface area contributed by atoms with Gasteiger partial charge in [-0.1, -0.05) is 20.8 Å². The summed E-state index contributed by atoms with van der Waals surface area (Å²) in [5.41, 5.74) is 0.275. The van der Waals surface area contributed by atoms with Crippen molar-refractivity contribution in [2.75, 3.05) is 12.4 Å². The molecule has 0 radical (unpaired) electrons. The minimum atomic E-state index is -0.470. The highest BCUT2D eigenvalue weighted by atomic mass is 32.1. The Morgan fingerprint density at radius 3 is 2.50 bits per heavy atom. The molecule has 0 spiro atoms. The molecular formula is C12H18N2O3S. The Hall–Kier alpha value is -1.43. The topological polar surface area (TPSA) is 68.3 Å². The number of esters is 1. The number of rotatable bonds is 3. The number of methoxy groups -OCH3 is 1. The molecule has 1 heterocycles. The zero-order valence-electron chi connectivity index (χ0n) is 11.3. The molecule has 1 aromatic heterocycles. The third-order valence-electron chi connectivity index (χ3n) is 2.33. The van der Waals surface area contributed by atoms with E-state index >= 15 is 0 Å². The number of nitrogens with zero attached hydrogens (tertiary/aromatic N) is 1. The summed E-state index contributed by atoms with van der Waals surface area (Å²) in [7, 11) is 1.35. The fourth-order valence-electron chi connectivity index (χ4n) is 1.13. The second-order valence-electron chi connectivity index (χ2n) is 4.98. The third kappa shape index (κ3) is 3.80. The first-order valence-electron chi connectivity index (χ1n) is 5.58. The number of ether oxygens (including phenoxy) is 1. The van der Waals surface area contributed by atoms with Crippen molar-refractivity contribution in [1.82, 2.24) is 4.98 Å². The summed E-state index contributed by atoms with van der Waals surface area (Å²) in [4.78, 5) is 28.0. The highest BCUT2D eigenvalue weighted by molar-refractivity contribution is 7.16. The van der Waals surface area contributed by atoms with Crippen molar-refractivity contribution >= 4 is 28.3 Å². The second-order valence-corrected chi connectivity index (χ2v) is 6.07. The van der Waals surface area contributed by atoms with Gasteiger partial charge >= 0.3 is 5.97 Å². The number of carbonyl (C=O) groups is 2. The van der Waals surface area contributed by atoms with Gasteiger partial charge in [-0.05, 0) is 6.92 Å². The van der Waals surface area contributed by atoms with Gasteiger partial charge in [0.1, 0.15) is 0 Å². The Labute approximate surface area is 111 Å². The molecule has 5 nitrogen and oxygen atoms in total. The minimum absolute atomic E-state index is 0.0964. The van der Waals surface area contributed by atoms with Crippen LogP contribution in [0.3, 0.4) is 0 Å². The quantitative estimate of drug-likeness (QED) is 0.854. The smallest absolute Gasteiger partial charge is 0.310 e. The van der Waals surface area contributed by atoms with E-state index in [1.807, 2.05) is 27.7 Å². The number of carbonyl (C=O) groups excluding carboxylic acids is 2. The minimum Gasteiger partial charge on any atom is -0.469 e. The van der Waals surface area contributed by atoms with Crippen LogP contribution in [0.2, 0.25) is 0 Å². The highest BCUT2D eigenvalue weighted by Gasteiger charge is 2.23. The van der Waals surface area contributed by atoms with E-state index in [-0.39, 0.29) is 18.3 Å². The summed E-state index contributed by atoms with van der Waals surface area (Å²) in [6.45, 7) is 7.30. The lowest BCUT2D eigenvalue weighted by molar-refractivity contribution is -0.139. The normalized spacial score (nSPS) is 11.2. The van der Waals surface area contributed by atoms with Crippen LogP contribution in [0.5, 0.6) is 0 Å². The molecule has 6 heteroatoms. The summed E-state index contributed by atoms with van der Waals surface area (Å²) < 4.78 is 4.61. The Kier molecular flexibility index (Phi) is 4.45. The van der Waals surface area contributed by atoms with E-state index in [1.54, 1.807) is 0 Å². The molecule has 0 aliphatic heterocycles. The zero-order valence-corrected chi connectivity index (χ0v) is 12.1. The first-order chi connectivity index (χ1) is 8.24. The maximum Gasteiger partial charge on any atom is 0.310 e. The molecule has 1 N–H and O–H groups in total. The van der Waals surface area contributed by atoms with Crippen LogP contribution < -0.4 is 5.32 Å². The van der Waals surface area contributed by atoms with E-state index in [0.29, 0.717) is 5.13 Å². The maximum absolute atomic E-state index is 11.8. The summed E-state index contributed by atoms with van der Waals surface area (Å²) >= 11 is 1.30. The van der Waals surface area contributed by atoms with E-state index < -0.39 is 5.41 Å². The third-order valence-corrected chi connectivity index (χ3v) is 3.40. The molecule has 0 aliphatic rings. The van der Waals surface area contributed by atoms with Gasteiger partial charge in [-0.3, -0.25) is 9.59 Å². The molecule has 1 aromatic rings. The maximum atomic E-state index is 11.8. The lowest BCUT2D eigenvalue weighted by Gasteiger charge is -2.15. The average Bonchev–Trinajstić information content (AvgIpc) is 2.57. The predicted octanol–water partition coefficient (Wildman–Crippen LogP) is 2.15. The summed E-state index contributed by atoms with van der Waals surface area (Å²) in [5, 5.41) is 3.27. The number of amides is 1. The standard InChI is InChI=1S/C12H18N2O3S/c1-7-8(6-9(15)17-5)18-11(13-7)14-10(16)12(2,3)4/h6H2,1-5H3,(H,13,14,16). The van der Waals surface area contributed by atoms with Gasteiger partial charge in [0.15, 0.2) is 5.13 Å². The van der Waals surface area contributed by atoms with Crippen LogP contribution >= 0.6 is 11.3 Å². The molecule has 18 heavy (non-hydrogen) atoms. The number of hydrogen-bond acceptors (Lipinski definition) is 5. The van der Waals surface area contributed by atoms with Crippen LogP contribution in [-0.2, 0) is 20.7 Å². The Balaban J connectivity index is 2.79. The zero-order chi connectivity index (χ0) is 13.9. The number of anilines is 1. The van der Waals surface area contributed by atoms with Crippen molar-refractivity contribution in [3.63, 3.8) is 0 Å². The van der Waals surface area contributed by atoms with Crippen molar-refractivity contribution in [3.8, 4) is 0 Å². The van der Waals surface area contributed by atoms with Gasteiger partial charge in [-0.25, -0.2) is 4.98 Å². The summed E-state index contributed by atoms with van der Waals surface area (Å²) in [6, 6.07) is 0. The largest absolute Gasteiger partial charge is 0.469 e. The molecular weight excluding hydrogens is 252 g/mol. The van der Waals surface area contributed by atoms with Gasteiger partial charge in [-0.2, -0.15) is 0 Å². The Morgan fingerprint density at radius 2 is 2.00 bits per heavy atom. The Bertz CT molecular complexity index is 460. The molecule has 0 fully saturated rings. The molecule has 0 bridgehead atoms. The van der Waals surface area contributed by atoms with Crippen molar-refractivity contribution in [1.29, 1.82) is 0 Å². The molecule has 0 unspecified atom stereocenters. The van der Waals surface area contributed by atoms with Crippen molar-refractivity contribution in [3.05, 3.63) is 10.6 Å². The van der Waals surface area contributed by atoms with E-state index in [2.05, 4.69) is 15.0 Å². The number of nitrogens with one attached hydrogen (secondary N) is 1. The molecule has 1 rings (SSSR count). The number of aromatic nitrogens is 1. The van der Waals surface area contributed by atoms with Crippen LogP contribution in [0, 0.1) is 12.3 Å². The average molecular weight is 270 g/mol. The fraction of sp³-hybridized carbons (Fsp3) is 0.583. The Morgan fingerprint density at radius 1 is 1.39 bits per heavy atom. The van der Waals surface area contributed by atoms with E-state index in [0.717, 1.165) is 10.6 Å². The van der Waals surface area contributed by atoms with Crippen LogP contribution in [0.1, 0.15) is 31.3 Å². The lowest BCUT2D eigenvalue weighted by atomic mass is 9.96. The molecule has 0 aromatic carbocycles. The van der Waals surface area contributed by atoms with Gasteiger partial charge in [0.2, 0.25) is 5.91 Å². The lowest BCUT2D eigenvalue weighted by Crippen LogP contribution is -2.27. The SMILES string of the molecule is COC(=O)Cc1sc(NC(=O)C(C)(C)C)nc1C. The molecule has 0 aliphatic carbocycles. The van der Waals surface area contributed by atoms with Crippen LogP contribution in [0.25, 0.3) is 0 Å². The summed E-state index contributed by atoms with van der Waals surface area (Å²) in [5.74, 6) is -0.406. The van der Waals surface area contributed by atoms with Crippen molar-refractivity contribution in [2.45, 2.75) is 34.1 Å². The molecule has 0 saturated heterocycles. The first kappa shape index (κ1) is 14.6. The van der Waals surface area contributed by atoms with E-state index in [1.165, 1.54) is 18.4 Å². The van der Waals surface area contributed by atoms with Crippen molar-refractivity contribution in [2.24, 2.45) is 5.41 Å². The monoisotopic (exact) mass is 270 g/mol.